The van der Waals surface area contributed by atoms with Gasteiger partial charge in [0.15, 0.2) is 0 Å². The first kappa shape index (κ1) is 16.8. The Kier molecular flexibility index (Phi) is 4.05. The number of rotatable bonds is 3. The Morgan fingerprint density at radius 1 is 1.41 bits per heavy atom. The molecule has 9 nitrogen and oxygen atoms in total. The second kappa shape index (κ2) is 5.28. The average molecular weight is 316 g/mol. The summed E-state index contributed by atoms with van der Waals surface area (Å²) in [7, 11) is 0. The summed E-state index contributed by atoms with van der Waals surface area (Å²) in [5, 5.41) is 44.1. The Bertz CT molecular complexity index is 532. The van der Waals surface area contributed by atoms with Crippen LogP contribution in [0.2, 0.25) is 0 Å². The summed E-state index contributed by atoms with van der Waals surface area (Å²) in [4.78, 5) is 24.6. The second-order valence-electron chi connectivity index (χ2n) is 5.68. The molecule has 2 bridgehead atoms. The summed E-state index contributed by atoms with van der Waals surface area (Å²) in [5.74, 6) is -2.01. The molecule has 0 aliphatic carbocycles. The fourth-order valence-corrected chi connectivity index (χ4v) is 2.61. The number of ether oxygens (including phenoxy) is 1. The van der Waals surface area contributed by atoms with Crippen LogP contribution in [0.25, 0.3) is 0 Å². The zero-order valence-corrected chi connectivity index (χ0v) is 12.3. The number of carbonyl (C=O) groups excluding carboxylic acids is 2. The largest absolute Gasteiger partial charge is 0.393 e. The number of nitrogens with one attached hydrogen (secondary N) is 2. The topological polar surface area (TPSA) is 148 Å². The summed E-state index contributed by atoms with van der Waals surface area (Å²) in [6.07, 6.45) is -0.330. The molecular weight excluding hydrogens is 296 g/mol. The van der Waals surface area contributed by atoms with Gasteiger partial charge in [-0.3, -0.25) is 9.59 Å². The number of amides is 2. The van der Waals surface area contributed by atoms with Gasteiger partial charge in [-0.15, -0.1) is 0 Å². The van der Waals surface area contributed by atoms with E-state index in [-0.39, 0.29) is 18.6 Å². The molecule has 4 atom stereocenters. The Balaban J connectivity index is 2.49. The monoisotopic (exact) mass is 316 g/mol. The van der Waals surface area contributed by atoms with Crippen molar-refractivity contribution in [2.24, 2.45) is 0 Å². The molecular formula is C13H20N2O7. The first-order valence-corrected chi connectivity index (χ1v) is 6.82. The van der Waals surface area contributed by atoms with Crippen molar-refractivity contribution in [1.82, 2.24) is 10.6 Å². The molecule has 22 heavy (non-hydrogen) atoms. The predicted octanol–water partition coefficient (Wildman–Crippen LogP) is -2.91. The minimum atomic E-state index is -2.30. The molecule has 3 aliphatic heterocycles. The van der Waals surface area contributed by atoms with Crippen LogP contribution in [-0.2, 0) is 14.3 Å². The predicted molar refractivity (Wildman–Crippen MR) is 72.0 cm³/mol. The van der Waals surface area contributed by atoms with Crippen LogP contribution in [0.3, 0.4) is 0 Å². The normalized spacial score (nSPS) is 37.8. The summed E-state index contributed by atoms with van der Waals surface area (Å²) in [6, 6.07) is 0. The van der Waals surface area contributed by atoms with Crippen molar-refractivity contribution in [1.29, 1.82) is 0 Å². The van der Waals surface area contributed by atoms with E-state index in [9.17, 15) is 24.9 Å². The van der Waals surface area contributed by atoms with E-state index in [1.54, 1.807) is 6.92 Å². The van der Waals surface area contributed by atoms with Crippen LogP contribution in [-0.4, -0.2) is 68.6 Å². The zero-order chi connectivity index (χ0) is 16.8. The van der Waals surface area contributed by atoms with Gasteiger partial charge >= 0.3 is 0 Å². The lowest BCUT2D eigenvalue weighted by Crippen LogP contribution is -2.82. The highest BCUT2D eigenvalue weighted by molar-refractivity contribution is 6.03. The van der Waals surface area contributed by atoms with E-state index in [0.717, 1.165) is 6.92 Å². The SMILES string of the molecule is C/C=C1\CCO[C@]2([C@H](O)[C@@](C)(O)CO)NC(=O)[C@@]1(O)NC2=O. The number of fused-ring (bicyclic) bond motifs is 5. The third-order valence-electron chi connectivity index (χ3n) is 4.07. The molecule has 0 aromatic rings. The van der Waals surface area contributed by atoms with E-state index in [4.69, 9.17) is 9.84 Å². The van der Waals surface area contributed by atoms with Gasteiger partial charge in [-0.25, -0.2) is 0 Å². The molecule has 3 aliphatic rings. The minimum Gasteiger partial charge on any atom is -0.393 e. The van der Waals surface area contributed by atoms with Crippen molar-refractivity contribution >= 4 is 11.8 Å². The molecule has 6 N–H and O–H groups in total. The molecule has 3 heterocycles. The van der Waals surface area contributed by atoms with Crippen LogP contribution in [0.5, 0.6) is 0 Å². The maximum Gasteiger partial charge on any atom is 0.280 e. The van der Waals surface area contributed by atoms with Crippen LogP contribution in [0.4, 0.5) is 0 Å². The second-order valence-corrected chi connectivity index (χ2v) is 5.68. The van der Waals surface area contributed by atoms with Crippen molar-refractivity contribution in [3.05, 3.63) is 11.6 Å². The number of carbonyl (C=O) groups is 2. The van der Waals surface area contributed by atoms with Crippen molar-refractivity contribution in [2.45, 2.75) is 43.4 Å². The Labute approximate surface area is 126 Å². The lowest BCUT2D eigenvalue weighted by Gasteiger charge is -2.49. The molecule has 0 spiro atoms. The van der Waals surface area contributed by atoms with Gasteiger partial charge in [0.25, 0.3) is 17.5 Å². The van der Waals surface area contributed by atoms with Gasteiger partial charge in [-0.05, 0) is 25.8 Å². The number of hydrogen-bond acceptors (Lipinski definition) is 7. The first-order chi connectivity index (χ1) is 10.1. The molecule has 2 amide bonds. The van der Waals surface area contributed by atoms with Gasteiger partial charge in [0.05, 0.1) is 13.2 Å². The van der Waals surface area contributed by atoms with Crippen molar-refractivity contribution in [2.75, 3.05) is 13.2 Å². The van der Waals surface area contributed by atoms with Crippen LogP contribution in [0, 0.1) is 0 Å². The lowest BCUT2D eigenvalue weighted by molar-refractivity contribution is -0.230. The van der Waals surface area contributed by atoms with Crippen LogP contribution < -0.4 is 10.6 Å². The van der Waals surface area contributed by atoms with Gasteiger partial charge in [0, 0.05) is 0 Å². The van der Waals surface area contributed by atoms with Gasteiger partial charge in [0.1, 0.15) is 11.7 Å². The third-order valence-corrected chi connectivity index (χ3v) is 4.07. The number of piperazine rings is 1. The van der Waals surface area contributed by atoms with E-state index in [1.807, 2.05) is 0 Å². The van der Waals surface area contributed by atoms with Gasteiger partial charge < -0.3 is 35.8 Å². The van der Waals surface area contributed by atoms with Gasteiger partial charge in [0.2, 0.25) is 5.72 Å². The number of aliphatic hydroxyl groups is 4. The van der Waals surface area contributed by atoms with Crippen LogP contribution in [0.15, 0.2) is 11.6 Å². The fraction of sp³-hybridized carbons (Fsp3) is 0.692. The highest BCUT2D eigenvalue weighted by Crippen LogP contribution is 2.33. The highest BCUT2D eigenvalue weighted by atomic mass is 16.5. The number of allylic oxidation sites excluding steroid dienone is 1. The molecule has 3 rings (SSSR count). The van der Waals surface area contributed by atoms with Crippen molar-refractivity contribution < 1.29 is 34.8 Å². The first-order valence-electron chi connectivity index (χ1n) is 6.82. The molecule has 0 saturated carbocycles. The summed E-state index contributed by atoms with van der Waals surface area (Å²) in [6.45, 7) is 1.73. The summed E-state index contributed by atoms with van der Waals surface area (Å²) >= 11 is 0. The number of aliphatic hydroxyl groups excluding tert-OH is 2. The minimum absolute atomic E-state index is 0.0890. The Hall–Kier alpha value is -1.52. The quantitative estimate of drug-likeness (QED) is 0.306. The summed E-state index contributed by atoms with van der Waals surface area (Å²) in [5.41, 5.74) is -6.39. The average Bonchev–Trinajstić information content (AvgIpc) is 2.46. The molecule has 3 saturated heterocycles. The van der Waals surface area contributed by atoms with Crippen molar-refractivity contribution in [3.8, 4) is 0 Å². The van der Waals surface area contributed by atoms with Crippen molar-refractivity contribution in [3.63, 3.8) is 0 Å². The van der Waals surface area contributed by atoms with E-state index >= 15 is 0 Å². The highest BCUT2D eigenvalue weighted by Gasteiger charge is 2.63. The number of hydrogen-bond donors (Lipinski definition) is 6. The van der Waals surface area contributed by atoms with Gasteiger partial charge in [-0.2, -0.15) is 0 Å². The van der Waals surface area contributed by atoms with E-state index in [1.165, 1.54) is 6.08 Å². The molecule has 3 fully saturated rings. The molecule has 124 valence electrons. The van der Waals surface area contributed by atoms with Gasteiger partial charge in [-0.1, -0.05) is 6.08 Å². The zero-order valence-electron chi connectivity index (χ0n) is 12.3. The van der Waals surface area contributed by atoms with Crippen LogP contribution >= 0.6 is 0 Å². The lowest BCUT2D eigenvalue weighted by atomic mass is 9.85. The fourth-order valence-electron chi connectivity index (χ4n) is 2.61. The maximum atomic E-state index is 12.4. The van der Waals surface area contributed by atoms with E-state index < -0.39 is 41.6 Å². The molecule has 0 unspecified atom stereocenters. The maximum absolute atomic E-state index is 12.4. The third kappa shape index (κ3) is 2.22. The summed E-state index contributed by atoms with van der Waals surface area (Å²) < 4.78 is 5.35. The smallest absolute Gasteiger partial charge is 0.280 e. The molecule has 0 aromatic carbocycles. The Morgan fingerprint density at radius 3 is 2.59 bits per heavy atom. The molecule has 9 heteroatoms. The standard InChI is InChI=1S/C13H20N2O7/c1-3-7-4-5-22-13(8(17)11(2,20)6-16)10(19)14-12(7,21)9(18)15-13/h3,8,16-17,20-21H,4-6H2,1-2H3,(H,14,19)(H,15,18)/b7-3+/t8-,11+,12-,13+/m1/s1. The Morgan fingerprint density at radius 2 is 2.05 bits per heavy atom. The van der Waals surface area contributed by atoms with E-state index in [2.05, 4.69) is 10.6 Å². The van der Waals surface area contributed by atoms with E-state index in [0.29, 0.717) is 0 Å². The molecule has 0 aromatic heterocycles. The molecule has 0 radical (unpaired) electrons. The van der Waals surface area contributed by atoms with Crippen LogP contribution in [0.1, 0.15) is 20.3 Å².